The van der Waals surface area contributed by atoms with E-state index < -0.39 is 6.04 Å². The van der Waals surface area contributed by atoms with Gasteiger partial charge in [-0.05, 0) is 41.5 Å². The Labute approximate surface area is 162 Å². The van der Waals surface area contributed by atoms with E-state index >= 15 is 0 Å². The molecule has 27 heavy (non-hydrogen) atoms. The third-order valence-electron chi connectivity index (χ3n) is 4.81. The van der Waals surface area contributed by atoms with Crippen molar-refractivity contribution in [2.45, 2.75) is 18.9 Å². The summed E-state index contributed by atoms with van der Waals surface area (Å²) in [6, 6.07) is 18.5. The van der Waals surface area contributed by atoms with Gasteiger partial charge in [-0.3, -0.25) is 9.59 Å². The number of para-hydroxylation sites is 1. The van der Waals surface area contributed by atoms with E-state index in [-0.39, 0.29) is 11.8 Å². The zero-order valence-corrected chi connectivity index (χ0v) is 15.6. The Hall–Kier alpha value is -2.92. The third kappa shape index (κ3) is 3.64. The van der Waals surface area contributed by atoms with Gasteiger partial charge in [0.25, 0.3) is 11.8 Å². The van der Waals surface area contributed by atoms with Crippen molar-refractivity contribution in [3.63, 3.8) is 0 Å². The molecule has 0 aliphatic carbocycles. The number of hydrogen-bond donors (Lipinski definition) is 1. The molecule has 0 radical (unpaired) electrons. The highest BCUT2D eigenvalue weighted by molar-refractivity contribution is 7.08. The van der Waals surface area contributed by atoms with Crippen molar-refractivity contribution in [2.24, 2.45) is 0 Å². The molecule has 1 atom stereocenters. The number of hydrogen-bond acceptors (Lipinski definition) is 3. The van der Waals surface area contributed by atoms with Gasteiger partial charge >= 0.3 is 0 Å². The van der Waals surface area contributed by atoms with Gasteiger partial charge in [-0.25, -0.2) is 0 Å². The number of thiophene rings is 1. The standard InChI is InChI=1S/C22H20N2O2S/c25-21(18-12-14-27-15-18)23-20(17-8-2-1-3-9-17)22(26)24-13-6-10-16-7-4-5-11-19(16)24/h1-5,7-9,11-12,14-15,20H,6,10,13H2,(H,23,25). The Morgan fingerprint density at radius 2 is 1.78 bits per heavy atom. The van der Waals surface area contributed by atoms with E-state index in [1.54, 1.807) is 11.4 Å². The molecule has 3 aromatic rings. The van der Waals surface area contributed by atoms with Crippen LogP contribution >= 0.6 is 11.3 Å². The van der Waals surface area contributed by atoms with Crippen LogP contribution in [0.2, 0.25) is 0 Å². The van der Waals surface area contributed by atoms with Gasteiger partial charge in [0, 0.05) is 17.6 Å². The highest BCUT2D eigenvalue weighted by Crippen LogP contribution is 2.29. The summed E-state index contributed by atoms with van der Waals surface area (Å²) in [5.41, 5.74) is 3.48. The lowest BCUT2D eigenvalue weighted by molar-refractivity contribution is -0.120. The van der Waals surface area contributed by atoms with Crippen LogP contribution in [0.5, 0.6) is 0 Å². The van der Waals surface area contributed by atoms with Crippen LogP contribution in [0, 0.1) is 0 Å². The summed E-state index contributed by atoms with van der Waals surface area (Å²) in [4.78, 5) is 27.9. The van der Waals surface area contributed by atoms with Gasteiger partial charge in [-0.1, -0.05) is 48.5 Å². The van der Waals surface area contributed by atoms with Gasteiger partial charge < -0.3 is 10.2 Å². The number of rotatable bonds is 4. The molecule has 4 nitrogen and oxygen atoms in total. The first-order valence-corrected chi connectivity index (χ1v) is 9.95. The number of nitrogens with one attached hydrogen (secondary N) is 1. The van der Waals surface area contributed by atoms with Gasteiger partial charge in [0.15, 0.2) is 0 Å². The Balaban J connectivity index is 1.67. The Morgan fingerprint density at radius 1 is 1.00 bits per heavy atom. The fraction of sp³-hybridized carbons (Fsp3) is 0.182. The first kappa shape index (κ1) is 17.5. The minimum absolute atomic E-state index is 0.100. The Morgan fingerprint density at radius 3 is 2.56 bits per heavy atom. The highest BCUT2D eigenvalue weighted by Gasteiger charge is 2.31. The zero-order chi connectivity index (χ0) is 18.6. The summed E-state index contributed by atoms with van der Waals surface area (Å²) in [5, 5.41) is 6.59. The van der Waals surface area contributed by atoms with Crippen LogP contribution in [-0.2, 0) is 11.2 Å². The molecule has 1 aromatic heterocycles. The monoisotopic (exact) mass is 376 g/mol. The molecule has 4 rings (SSSR count). The first-order chi connectivity index (χ1) is 13.2. The van der Waals surface area contributed by atoms with Gasteiger partial charge in [-0.15, -0.1) is 0 Å². The molecule has 1 unspecified atom stereocenters. The molecular weight excluding hydrogens is 356 g/mol. The lowest BCUT2D eigenvalue weighted by Gasteiger charge is -2.32. The molecule has 1 N–H and O–H groups in total. The van der Waals surface area contributed by atoms with Crippen LogP contribution in [0.4, 0.5) is 5.69 Å². The molecule has 1 aliphatic rings. The smallest absolute Gasteiger partial charge is 0.254 e. The van der Waals surface area contributed by atoms with Crippen molar-refractivity contribution in [1.29, 1.82) is 0 Å². The van der Waals surface area contributed by atoms with Crippen LogP contribution in [-0.4, -0.2) is 18.4 Å². The largest absolute Gasteiger partial charge is 0.336 e. The van der Waals surface area contributed by atoms with Crippen molar-refractivity contribution < 1.29 is 9.59 Å². The molecule has 0 saturated heterocycles. The van der Waals surface area contributed by atoms with E-state index in [1.165, 1.54) is 16.9 Å². The van der Waals surface area contributed by atoms with Gasteiger partial charge in [0.2, 0.25) is 0 Å². The second-order valence-electron chi connectivity index (χ2n) is 6.55. The topological polar surface area (TPSA) is 49.4 Å². The molecule has 136 valence electrons. The summed E-state index contributed by atoms with van der Waals surface area (Å²) in [7, 11) is 0. The van der Waals surface area contributed by atoms with Gasteiger partial charge in [0.05, 0.1) is 5.56 Å². The summed E-state index contributed by atoms with van der Waals surface area (Å²) in [6.45, 7) is 0.660. The molecule has 0 fully saturated rings. The van der Waals surface area contributed by atoms with Crippen LogP contribution in [0.25, 0.3) is 0 Å². The van der Waals surface area contributed by atoms with Gasteiger partial charge in [0.1, 0.15) is 6.04 Å². The summed E-state index contributed by atoms with van der Waals surface area (Å²) in [5.74, 6) is -0.333. The second kappa shape index (κ2) is 7.76. The minimum atomic E-state index is -0.718. The lowest BCUT2D eigenvalue weighted by atomic mass is 9.99. The summed E-state index contributed by atoms with van der Waals surface area (Å²) in [6.07, 6.45) is 1.89. The molecular formula is C22H20N2O2S. The van der Waals surface area contributed by atoms with Gasteiger partial charge in [-0.2, -0.15) is 11.3 Å². The number of fused-ring (bicyclic) bond motifs is 1. The van der Waals surface area contributed by atoms with Crippen LogP contribution in [0.3, 0.4) is 0 Å². The number of carbonyl (C=O) groups is 2. The lowest BCUT2D eigenvalue weighted by Crippen LogP contribution is -2.45. The van der Waals surface area contributed by atoms with E-state index in [1.807, 2.05) is 58.8 Å². The quantitative estimate of drug-likeness (QED) is 0.742. The van der Waals surface area contributed by atoms with Crippen molar-refractivity contribution in [2.75, 3.05) is 11.4 Å². The molecule has 5 heteroatoms. The molecule has 2 aromatic carbocycles. The van der Waals surface area contributed by atoms with Crippen LogP contribution in [0.15, 0.2) is 71.4 Å². The van der Waals surface area contributed by atoms with Crippen LogP contribution < -0.4 is 10.2 Å². The number of anilines is 1. The fourth-order valence-corrected chi connectivity index (χ4v) is 4.10. The highest BCUT2D eigenvalue weighted by atomic mass is 32.1. The molecule has 0 saturated carbocycles. The summed E-state index contributed by atoms with van der Waals surface area (Å²) >= 11 is 1.46. The predicted molar refractivity (Wildman–Crippen MR) is 108 cm³/mol. The van der Waals surface area contributed by atoms with E-state index in [4.69, 9.17) is 0 Å². The van der Waals surface area contributed by atoms with Crippen molar-refractivity contribution in [3.05, 3.63) is 88.1 Å². The number of nitrogens with zero attached hydrogens (tertiary/aromatic N) is 1. The second-order valence-corrected chi connectivity index (χ2v) is 7.33. The number of aryl methyl sites for hydroxylation is 1. The van der Waals surface area contributed by atoms with Crippen molar-refractivity contribution in [1.82, 2.24) is 5.32 Å². The third-order valence-corrected chi connectivity index (χ3v) is 5.50. The molecule has 1 aliphatic heterocycles. The maximum Gasteiger partial charge on any atom is 0.254 e. The fourth-order valence-electron chi connectivity index (χ4n) is 3.46. The van der Waals surface area contributed by atoms with Crippen LogP contribution in [0.1, 0.15) is 33.9 Å². The average molecular weight is 376 g/mol. The number of benzene rings is 2. The van der Waals surface area contributed by atoms with E-state index in [2.05, 4.69) is 11.4 Å². The van der Waals surface area contributed by atoms with Crippen molar-refractivity contribution in [3.8, 4) is 0 Å². The molecule has 2 amide bonds. The maximum atomic E-state index is 13.5. The number of carbonyl (C=O) groups excluding carboxylic acids is 2. The Bertz CT molecular complexity index is 938. The molecule has 0 spiro atoms. The average Bonchev–Trinajstić information content (AvgIpc) is 3.27. The maximum absolute atomic E-state index is 13.5. The number of amides is 2. The normalized spacial score (nSPS) is 14.3. The van der Waals surface area contributed by atoms with E-state index in [0.29, 0.717) is 12.1 Å². The predicted octanol–water partition coefficient (Wildman–Crippen LogP) is 4.20. The van der Waals surface area contributed by atoms with Crippen molar-refractivity contribution >= 4 is 28.8 Å². The summed E-state index contributed by atoms with van der Waals surface area (Å²) < 4.78 is 0. The molecule has 0 bridgehead atoms. The molecule has 2 heterocycles. The van der Waals surface area contributed by atoms with E-state index in [9.17, 15) is 9.59 Å². The SMILES string of the molecule is O=C(NC(C(=O)N1CCCc2ccccc21)c1ccccc1)c1ccsc1. The van der Waals surface area contributed by atoms with E-state index in [0.717, 1.165) is 24.1 Å². The minimum Gasteiger partial charge on any atom is -0.336 e. The zero-order valence-electron chi connectivity index (χ0n) is 14.8. The Kier molecular flexibility index (Phi) is 5.03. The first-order valence-electron chi connectivity index (χ1n) is 9.01.